The van der Waals surface area contributed by atoms with Crippen molar-refractivity contribution >= 4 is 47.4 Å². The Morgan fingerprint density at radius 1 is 0.810 bits per heavy atom. The molecule has 16 heteroatoms. The van der Waals surface area contributed by atoms with Gasteiger partial charge in [0.1, 0.15) is 18.1 Å². The number of carboxylic acid groups (broad SMARTS) is 1. The van der Waals surface area contributed by atoms with E-state index in [9.17, 15) is 38.4 Å². The first-order chi connectivity index (χ1) is 27.4. The summed E-state index contributed by atoms with van der Waals surface area (Å²) in [5.41, 5.74) is 2.41. The van der Waals surface area contributed by atoms with Crippen molar-refractivity contribution in [3.05, 3.63) is 35.4 Å². The molecule has 0 aromatic heterocycles. The van der Waals surface area contributed by atoms with Crippen molar-refractivity contribution in [1.82, 2.24) is 31.1 Å². The van der Waals surface area contributed by atoms with Crippen LogP contribution in [-0.4, -0.2) is 113 Å². The zero-order chi connectivity index (χ0) is 43.5. The van der Waals surface area contributed by atoms with Crippen molar-refractivity contribution in [1.29, 1.82) is 0 Å². The minimum atomic E-state index is -1.05. The Kier molecular flexibility index (Phi) is 20.9. The molecule has 1 saturated heterocycles. The van der Waals surface area contributed by atoms with E-state index >= 15 is 0 Å². The van der Waals surface area contributed by atoms with Gasteiger partial charge < -0.3 is 40.9 Å². The Bertz CT molecular complexity index is 1580. The first-order valence-corrected chi connectivity index (χ1v) is 20.6. The molecule has 3 aliphatic rings. The van der Waals surface area contributed by atoms with Gasteiger partial charge in [-0.3, -0.25) is 33.6 Å². The highest BCUT2D eigenvalue weighted by atomic mass is 16.5. The standard InChI is InChI=1S/C29H47N5O8.C10H11NO2.C3H8/c1-16(2)23(32-21(35)11-7-8-12-22(36)42-6)27(39)33-24(17(3)4)29(41)34-15-9-10-20(34)26(38)30-18(5)25(37)28(40)31-19-13-14-19;12-10(13)11-6-5-8-3-1-2-4-9(8)7-11;1-3-2/h16-20,23-24H,7-15H2,1-6H3,(H,30,38)(H,31,40)(H,32,35)(H,33,39);1-4H,5-7H2,(H,12,13);3H2,1-2H3/t18?,20?,23-,24?;;/m0../s1. The van der Waals surface area contributed by atoms with Crippen LogP contribution in [0.3, 0.4) is 0 Å². The number of ether oxygens (including phenoxy) is 1. The molecule has 2 heterocycles. The van der Waals surface area contributed by atoms with E-state index in [0.717, 1.165) is 24.8 Å². The monoisotopic (exact) mass is 814 g/mol. The molecule has 1 aromatic carbocycles. The number of carbonyl (C=O) groups excluding carboxylic acids is 7. The maximum atomic E-state index is 13.6. The number of Topliss-reactive ketones (excluding diaryl/α,β-unsaturated/α-hetero) is 1. The van der Waals surface area contributed by atoms with E-state index < -0.39 is 59.7 Å². The van der Waals surface area contributed by atoms with Crippen molar-refractivity contribution in [2.75, 3.05) is 20.2 Å². The fourth-order valence-corrected chi connectivity index (χ4v) is 6.39. The highest BCUT2D eigenvalue weighted by molar-refractivity contribution is 6.38. The van der Waals surface area contributed by atoms with Crippen LogP contribution in [0.1, 0.15) is 117 Å². The summed E-state index contributed by atoms with van der Waals surface area (Å²) in [5.74, 6) is -4.24. The molecule has 0 bridgehead atoms. The lowest BCUT2D eigenvalue weighted by molar-refractivity contribution is -0.144. The molecule has 324 valence electrons. The quantitative estimate of drug-likeness (QED) is 0.0929. The van der Waals surface area contributed by atoms with E-state index in [1.54, 1.807) is 27.7 Å². The molecule has 1 aliphatic carbocycles. The predicted octanol–water partition coefficient (Wildman–Crippen LogP) is 3.48. The number of likely N-dealkylation sites (tertiary alicyclic amines) is 1. The van der Waals surface area contributed by atoms with Crippen LogP contribution in [-0.2, 0) is 51.3 Å². The summed E-state index contributed by atoms with van der Waals surface area (Å²) in [6.45, 7) is 14.2. The van der Waals surface area contributed by atoms with Crippen LogP contribution in [0, 0.1) is 11.8 Å². The third kappa shape index (κ3) is 16.1. The first-order valence-electron chi connectivity index (χ1n) is 20.6. The summed E-state index contributed by atoms with van der Waals surface area (Å²) in [5, 5.41) is 19.5. The van der Waals surface area contributed by atoms with Crippen LogP contribution < -0.4 is 21.3 Å². The van der Waals surface area contributed by atoms with Crippen LogP contribution in [0.4, 0.5) is 4.79 Å². The van der Waals surface area contributed by atoms with Crippen molar-refractivity contribution in [3.63, 3.8) is 0 Å². The Labute approximate surface area is 342 Å². The molecule has 2 fully saturated rings. The molecule has 4 atom stereocenters. The number of nitrogens with one attached hydrogen (secondary N) is 4. The fourth-order valence-electron chi connectivity index (χ4n) is 6.39. The average molecular weight is 815 g/mol. The second-order valence-corrected chi connectivity index (χ2v) is 15.8. The number of ketones is 1. The van der Waals surface area contributed by atoms with Crippen molar-refractivity contribution in [3.8, 4) is 0 Å². The lowest BCUT2D eigenvalue weighted by atomic mass is 9.98. The largest absolute Gasteiger partial charge is 0.469 e. The molecule has 16 nitrogen and oxygen atoms in total. The lowest BCUT2D eigenvalue weighted by Crippen LogP contribution is -2.59. The first kappa shape index (κ1) is 49.1. The number of hydrogen-bond acceptors (Lipinski definition) is 9. The van der Waals surface area contributed by atoms with Crippen LogP contribution in [0.2, 0.25) is 0 Å². The van der Waals surface area contributed by atoms with Crippen LogP contribution >= 0.6 is 0 Å². The number of carbonyl (C=O) groups is 8. The van der Waals surface area contributed by atoms with Crippen LogP contribution in [0.5, 0.6) is 0 Å². The van der Waals surface area contributed by atoms with Crippen molar-refractivity contribution in [2.24, 2.45) is 11.8 Å². The van der Waals surface area contributed by atoms with Gasteiger partial charge in [-0.05, 0) is 74.8 Å². The number of rotatable bonds is 16. The van der Waals surface area contributed by atoms with Crippen LogP contribution in [0.15, 0.2) is 24.3 Å². The topological polar surface area (TPSA) is 221 Å². The number of hydrogen-bond donors (Lipinski definition) is 5. The molecular formula is C42H66N6O10. The number of benzene rings is 1. The van der Waals surface area contributed by atoms with Crippen LogP contribution in [0.25, 0.3) is 0 Å². The second kappa shape index (κ2) is 24.7. The maximum absolute atomic E-state index is 13.6. The predicted molar refractivity (Wildman–Crippen MR) is 217 cm³/mol. The number of methoxy groups -OCH3 is 1. The number of esters is 1. The summed E-state index contributed by atoms with van der Waals surface area (Å²) in [4.78, 5) is 102. The highest BCUT2D eigenvalue weighted by Gasteiger charge is 2.40. The smallest absolute Gasteiger partial charge is 0.407 e. The van der Waals surface area contributed by atoms with Gasteiger partial charge in [-0.25, -0.2) is 4.79 Å². The average Bonchev–Trinajstić information content (AvgIpc) is 3.86. The number of nitrogens with zero attached hydrogens (tertiary/aromatic N) is 2. The lowest BCUT2D eigenvalue weighted by Gasteiger charge is -2.32. The summed E-state index contributed by atoms with van der Waals surface area (Å²) in [6, 6.07) is 4.27. The minimum absolute atomic E-state index is 0.0112. The molecule has 0 spiro atoms. The van der Waals surface area contributed by atoms with Gasteiger partial charge in [-0.1, -0.05) is 72.2 Å². The summed E-state index contributed by atoms with van der Waals surface area (Å²) < 4.78 is 4.59. The van der Waals surface area contributed by atoms with E-state index in [1.807, 2.05) is 18.2 Å². The van der Waals surface area contributed by atoms with E-state index in [2.05, 4.69) is 45.9 Å². The third-order valence-corrected chi connectivity index (χ3v) is 9.89. The van der Waals surface area contributed by atoms with E-state index in [0.29, 0.717) is 45.3 Å². The molecule has 0 radical (unpaired) electrons. The van der Waals surface area contributed by atoms with E-state index in [-0.39, 0.29) is 42.6 Å². The molecule has 1 aromatic rings. The Hall–Kier alpha value is -5.02. The maximum Gasteiger partial charge on any atom is 0.407 e. The van der Waals surface area contributed by atoms with Crippen molar-refractivity contribution in [2.45, 2.75) is 149 Å². The summed E-state index contributed by atoms with van der Waals surface area (Å²) in [6.07, 6.45) is 5.13. The normalized spacial score (nSPS) is 17.2. The minimum Gasteiger partial charge on any atom is -0.469 e. The van der Waals surface area contributed by atoms with Gasteiger partial charge in [0, 0.05) is 38.5 Å². The number of fused-ring (bicyclic) bond motifs is 1. The molecule has 1 saturated carbocycles. The SMILES string of the molecule is CCC.COC(=O)CCCCC(=O)N[C@H](C(=O)NC(C(=O)N1CCCC1C(=O)NC(C)C(=O)C(=O)NC1CC1)C(C)C)C(C)C.O=C(O)N1CCc2ccccc2C1. The fraction of sp³-hybridized carbons (Fsp3) is 0.667. The molecule has 58 heavy (non-hydrogen) atoms. The van der Waals surface area contributed by atoms with Gasteiger partial charge in [-0.15, -0.1) is 0 Å². The Balaban J connectivity index is 0.000000597. The molecule has 5 N–H and O–H groups in total. The van der Waals surface area contributed by atoms with Gasteiger partial charge in [0.2, 0.25) is 29.4 Å². The highest BCUT2D eigenvalue weighted by Crippen LogP contribution is 2.22. The second-order valence-electron chi connectivity index (χ2n) is 15.8. The van der Waals surface area contributed by atoms with Gasteiger partial charge in [0.25, 0.3) is 5.91 Å². The molecule has 4 rings (SSSR count). The molecular weight excluding hydrogens is 748 g/mol. The van der Waals surface area contributed by atoms with Gasteiger partial charge in [-0.2, -0.15) is 0 Å². The molecule has 6 amide bonds. The van der Waals surface area contributed by atoms with Gasteiger partial charge in [0.15, 0.2) is 0 Å². The Morgan fingerprint density at radius 3 is 1.98 bits per heavy atom. The van der Waals surface area contributed by atoms with Gasteiger partial charge in [0.05, 0.1) is 13.2 Å². The summed E-state index contributed by atoms with van der Waals surface area (Å²) in [7, 11) is 1.30. The Morgan fingerprint density at radius 2 is 1.41 bits per heavy atom. The number of unbranched alkanes of at least 4 members (excludes halogenated alkanes) is 1. The zero-order valence-electron chi connectivity index (χ0n) is 35.6. The van der Waals surface area contributed by atoms with E-state index in [4.69, 9.17) is 5.11 Å². The van der Waals surface area contributed by atoms with Gasteiger partial charge >= 0.3 is 12.1 Å². The molecule has 3 unspecified atom stereocenters. The van der Waals surface area contributed by atoms with E-state index in [1.165, 1.54) is 35.8 Å². The van der Waals surface area contributed by atoms with Crippen molar-refractivity contribution < 1.29 is 48.2 Å². The zero-order valence-corrected chi connectivity index (χ0v) is 35.6. The number of amides is 6. The summed E-state index contributed by atoms with van der Waals surface area (Å²) >= 11 is 0. The third-order valence-electron chi connectivity index (χ3n) is 9.89. The molecule has 2 aliphatic heterocycles.